The highest BCUT2D eigenvalue weighted by atomic mass is 35.5. The van der Waals surface area contributed by atoms with Crippen molar-refractivity contribution in [3.63, 3.8) is 0 Å². The first-order valence-electron chi connectivity index (χ1n) is 6.44. The van der Waals surface area contributed by atoms with Gasteiger partial charge in [0.2, 0.25) is 5.91 Å². The predicted molar refractivity (Wildman–Crippen MR) is 79.3 cm³/mol. The fourth-order valence-corrected chi connectivity index (χ4v) is 2.15. The molecule has 0 fully saturated rings. The van der Waals surface area contributed by atoms with E-state index in [1.165, 1.54) is 6.33 Å². The van der Waals surface area contributed by atoms with Gasteiger partial charge in [0.1, 0.15) is 17.3 Å². The molecule has 6 nitrogen and oxygen atoms in total. The molecule has 20 heavy (non-hydrogen) atoms. The highest BCUT2D eigenvalue weighted by Crippen LogP contribution is 2.29. The summed E-state index contributed by atoms with van der Waals surface area (Å²) in [4.78, 5) is 21.8. The van der Waals surface area contributed by atoms with Gasteiger partial charge in [0.05, 0.1) is 13.2 Å². The van der Waals surface area contributed by atoms with E-state index >= 15 is 0 Å². The molecule has 112 valence electrons. The van der Waals surface area contributed by atoms with Crippen LogP contribution in [0.15, 0.2) is 6.33 Å². The molecule has 0 aliphatic rings. The van der Waals surface area contributed by atoms with Crippen molar-refractivity contribution in [1.29, 1.82) is 0 Å². The van der Waals surface area contributed by atoms with Gasteiger partial charge >= 0.3 is 0 Å². The fraction of sp³-hybridized carbons (Fsp3) is 0.615. The maximum Gasteiger partial charge on any atom is 0.239 e. The molecule has 0 radical (unpaired) electrons. The second-order valence-electron chi connectivity index (χ2n) is 4.76. The van der Waals surface area contributed by atoms with Crippen molar-refractivity contribution in [2.75, 3.05) is 38.8 Å². The summed E-state index contributed by atoms with van der Waals surface area (Å²) in [6.07, 6.45) is 1.41. The van der Waals surface area contributed by atoms with Crippen molar-refractivity contribution in [1.82, 2.24) is 15.3 Å². The number of anilines is 1. The lowest BCUT2D eigenvalue weighted by Gasteiger charge is -2.22. The number of hydrogen-bond acceptors (Lipinski definition) is 5. The Balaban J connectivity index is 2.75. The monoisotopic (exact) mass is 300 g/mol. The average Bonchev–Trinajstić information content (AvgIpc) is 2.38. The van der Waals surface area contributed by atoms with E-state index in [0.29, 0.717) is 24.1 Å². The van der Waals surface area contributed by atoms with Gasteiger partial charge in [-0.2, -0.15) is 0 Å². The van der Waals surface area contributed by atoms with Crippen molar-refractivity contribution in [2.45, 2.75) is 19.8 Å². The summed E-state index contributed by atoms with van der Waals surface area (Å²) in [6, 6.07) is 0. The van der Waals surface area contributed by atoms with E-state index in [-0.39, 0.29) is 18.4 Å². The minimum atomic E-state index is -0.0889. The number of carbonyl (C=O) groups is 1. The van der Waals surface area contributed by atoms with E-state index in [1.54, 1.807) is 19.1 Å². The maximum absolute atomic E-state index is 11.8. The van der Waals surface area contributed by atoms with E-state index in [4.69, 9.17) is 16.3 Å². The molecule has 1 amide bonds. The Kier molecular flexibility index (Phi) is 6.67. The summed E-state index contributed by atoms with van der Waals surface area (Å²) in [6.45, 7) is 5.22. The zero-order valence-corrected chi connectivity index (χ0v) is 13.1. The number of carbonyl (C=O) groups excluding carboxylic acids is 1. The highest BCUT2D eigenvalue weighted by Gasteiger charge is 2.18. The van der Waals surface area contributed by atoms with Gasteiger partial charge in [-0.25, -0.2) is 9.97 Å². The number of aromatic nitrogens is 2. The average molecular weight is 301 g/mol. The zero-order valence-electron chi connectivity index (χ0n) is 12.3. The van der Waals surface area contributed by atoms with E-state index in [1.807, 2.05) is 13.8 Å². The summed E-state index contributed by atoms with van der Waals surface area (Å²) in [5.41, 5.74) is 0.848. The standard InChI is InChI=1S/C13H21ClN4O2/c1-9(2)11-12(14)16-8-17-13(11)18(3)7-10(19)15-5-6-20-4/h8-9H,5-7H2,1-4H3,(H,15,19). The van der Waals surface area contributed by atoms with Crippen LogP contribution < -0.4 is 10.2 Å². The number of nitrogens with zero attached hydrogens (tertiary/aromatic N) is 3. The van der Waals surface area contributed by atoms with E-state index in [0.717, 1.165) is 5.56 Å². The number of ether oxygens (including phenoxy) is 1. The van der Waals surface area contributed by atoms with Crippen LogP contribution >= 0.6 is 11.6 Å². The Labute approximate surface area is 124 Å². The second-order valence-corrected chi connectivity index (χ2v) is 5.11. The fourth-order valence-electron chi connectivity index (χ4n) is 1.80. The molecular formula is C13H21ClN4O2. The summed E-state index contributed by atoms with van der Waals surface area (Å²) >= 11 is 6.11. The van der Waals surface area contributed by atoms with Gasteiger partial charge in [0.25, 0.3) is 0 Å². The third-order valence-electron chi connectivity index (χ3n) is 2.76. The molecular weight excluding hydrogens is 280 g/mol. The minimum absolute atomic E-state index is 0.0889. The number of nitrogens with one attached hydrogen (secondary N) is 1. The number of likely N-dealkylation sites (N-methyl/N-ethyl adjacent to an activating group) is 1. The van der Waals surface area contributed by atoms with Crippen LogP contribution in [0.1, 0.15) is 25.3 Å². The van der Waals surface area contributed by atoms with Gasteiger partial charge in [-0.15, -0.1) is 0 Å². The van der Waals surface area contributed by atoms with Gasteiger partial charge in [0.15, 0.2) is 0 Å². The van der Waals surface area contributed by atoms with Crippen molar-refractivity contribution in [2.24, 2.45) is 0 Å². The van der Waals surface area contributed by atoms with Crippen molar-refractivity contribution in [3.8, 4) is 0 Å². The minimum Gasteiger partial charge on any atom is -0.383 e. The normalized spacial score (nSPS) is 10.7. The summed E-state index contributed by atoms with van der Waals surface area (Å²) in [5.74, 6) is 0.772. The Bertz CT molecular complexity index is 454. The van der Waals surface area contributed by atoms with Crippen LogP contribution in [0.3, 0.4) is 0 Å². The van der Waals surface area contributed by atoms with Gasteiger partial charge in [0, 0.05) is 26.3 Å². The molecule has 1 aromatic heterocycles. The van der Waals surface area contributed by atoms with Crippen LogP contribution in [0, 0.1) is 0 Å². The van der Waals surface area contributed by atoms with Crippen LogP contribution in [0.25, 0.3) is 0 Å². The molecule has 0 aliphatic carbocycles. The van der Waals surface area contributed by atoms with Crippen LogP contribution in [0.5, 0.6) is 0 Å². The van der Waals surface area contributed by atoms with Crippen LogP contribution in [-0.2, 0) is 9.53 Å². The third-order valence-corrected chi connectivity index (χ3v) is 3.06. The van der Waals surface area contributed by atoms with Gasteiger partial charge in [-0.05, 0) is 5.92 Å². The topological polar surface area (TPSA) is 67.3 Å². The maximum atomic E-state index is 11.8. The molecule has 0 bridgehead atoms. The van der Waals surface area contributed by atoms with Gasteiger partial charge < -0.3 is 15.0 Å². The summed E-state index contributed by atoms with van der Waals surface area (Å²) < 4.78 is 4.88. The molecule has 0 unspecified atom stereocenters. The summed E-state index contributed by atoms with van der Waals surface area (Å²) in [7, 11) is 3.40. The largest absolute Gasteiger partial charge is 0.383 e. The van der Waals surface area contributed by atoms with E-state index in [9.17, 15) is 4.79 Å². The first-order chi connectivity index (χ1) is 9.47. The number of methoxy groups -OCH3 is 1. The lowest BCUT2D eigenvalue weighted by atomic mass is 10.1. The van der Waals surface area contributed by atoms with E-state index in [2.05, 4.69) is 15.3 Å². The Morgan fingerprint density at radius 2 is 2.20 bits per heavy atom. The molecule has 1 heterocycles. The molecule has 0 saturated carbocycles. The van der Waals surface area contributed by atoms with Crippen molar-refractivity contribution < 1.29 is 9.53 Å². The molecule has 0 saturated heterocycles. The first kappa shape index (κ1) is 16.7. The molecule has 0 aliphatic heterocycles. The van der Waals surface area contributed by atoms with Crippen LogP contribution in [0.4, 0.5) is 5.82 Å². The SMILES string of the molecule is COCCNC(=O)CN(C)c1ncnc(Cl)c1C(C)C. The summed E-state index contributed by atoms with van der Waals surface area (Å²) in [5, 5.41) is 3.19. The molecule has 1 aromatic rings. The quantitative estimate of drug-likeness (QED) is 0.610. The van der Waals surface area contributed by atoms with E-state index < -0.39 is 0 Å². The molecule has 1 rings (SSSR count). The van der Waals surface area contributed by atoms with Gasteiger partial charge in [-0.3, -0.25) is 4.79 Å². The smallest absolute Gasteiger partial charge is 0.239 e. The van der Waals surface area contributed by atoms with Gasteiger partial charge in [-0.1, -0.05) is 25.4 Å². The zero-order chi connectivity index (χ0) is 15.1. The number of halogens is 1. The molecule has 0 spiro atoms. The van der Waals surface area contributed by atoms with Crippen molar-refractivity contribution >= 4 is 23.3 Å². The first-order valence-corrected chi connectivity index (χ1v) is 6.82. The lowest BCUT2D eigenvalue weighted by Crippen LogP contribution is -2.37. The molecule has 0 aromatic carbocycles. The Morgan fingerprint density at radius 3 is 2.80 bits per heavy atom. The molecule has 7 heteroatoms. The number of rotatable bonds is 7. The Hall–Kier alpha value is -1.40. The van der Waals surface area contributed by atoms with Crippen LogP contribution in [-0.4, -0.2) is 49.7 Å². The molecule has 1 N–H and O–H groups in total. The van der Waals surface area contributed by atoms with Crippen molar-refractivity contribution in [3.05, 3.63) is 17.0 Å². The third kappa shape index (κ3) is 4.61. The number of hydrogen-bond donors (Lipinski definition) is 1. The second kappa shape index (κ2) is 8.01. The molecule has 0 atom stereocenters. The predicted octanol–water partition coefficient (Wildman–Crippen LogP) is 1.45. The van der Waals surface area contributed by atoms with Crippen LogP contribution in [0.2, 0.25) is 5.15 Å². The number of amides is 1. The Morgan fingerprint density at radius 1 is 1.50 bits per heavy atom. The lowest BCUT2D eigenvalue weighted by molar-refractivity contribution is -0.119. The highest BCUT2D eigenvalue weighted by molar-refractivity contribution is 6.30.